The van der Waals surface area contributed by atoms with E-state index in [-0.39, 0.29) is 11.5 Å². The first-order chi connectivity index (χ1) is 11.5. The molecule has 3 rings (SSSR count). The van der Waals surface area contributed by atoms with E-state index in [1.165, 1.54) is 0 Å². The maximum Gasteiger partial charge on any atom is 0.152 e. The van der Waals surface area contributed by atoms with Crippen molar-refractivity contribution in [2.75, 3.05) is 24.7 Å². The SMILES string of the molecule is C[C@@]1(n2cc(CNCCOc3ccccc3)cn2)CCS(=O)(=O)C1. The molecule has 1 aromatic carbocycles. The van der Waals surface area contributed by atoms with Crippen LogP contribution in [-0.4, -0.2) is 42.9 Å². The average molecular weight is 349 g/mol. The molecule has 1 fully saturated rings. The van der Waals surface area contributed by atoms with Crippen LogP contribution in [-0.2, 0) is 21.9 Å². The lowest BCUT2D eigenvalue weighted by atomic mass is 10.0. The third-order valence-corrected chi connectivity index (χ3v) is 6.18. The number of ether oxygens (including phenoxy) is 1. The highest BCUT2D eigenvalue weighted by atomic mass is 32.2. The molecule has 0 radical (unpaired) electrons. The molecular weight excluding hydrogens is 326 g/mol. The van der Waals surface area contributed by atoms with Gasteiger partial charge in [0.15, 0.2) is 9.84 Å². The second kappa shape index (κ2) is 6.94. The van der Waals surface area contributed by atoms with Gasteiger partial charge < -0.3 is 10.1 Å². The first kappa shape index (κ1) is 17.0. The zero-order chi connectivity index (χ0) is 17.0. The maximum atomic E-state index is 11.7. The molecule has 7 heteroatoms. The lowest BCUT2D eigenvalue weighted by Gasteiger charge is -2.22. The molecule has 0 spiro atoms. The Balaban J connectivity index is 1.45. The Morgan fingerprint density at radius 2 is 2.12 bits per heavy atom. The predicted octanol–water partition coefficient (Wildman–Crippen LogP) is 1.59. The zero-order valence-corrected chi connectivity index (χ0v) is 14.6. The second-order valence-electron chi connectivity index (χ2n) is 6.47. The van der Waals surface area contributed by atoms with Gasteiger partial charge in [-0.15, -0.1) is 0 Å². The van der Waals surface area contributed by atoms with Crippen LogP contribution in [0.3, 0.4) is 0 Å². The average Bonchev–Trinajstić information content (AvgIpc) is 3.13. The van der Waals surface area contributed by atoms with Crippen molar-refractivity contribution >= 4 is 9.84 Å². The summed E-state index contributed by atoms with van der Waals surface area (Å²) in [6, 6.07) is 9.71. The number of rotatable bonds is 7. The fourth-order valence-electron chi connectivity index (χ4n) is 2.91. The summed E-state index contributed by atoms with van der Waals surface area (Å²) in [6.45, 7) is 3.95. The van der Waals surface area contributed by atoms with Crippen molar-refractivity contribution < 1.29 is 13.2 Å². The predicted molar refractivity (Wildman–Crippen MR) is 92.8 cm³/mol. The minimum atomic E-state index is -2.94. The van der Waals surface area contributed by atoms with Crippen LogP contribution in [0.2, 0.25) is 0 Å². The lowest BCUT2D eigenvalue weighted by Crippen LogP contribution is -2.31. The molecule has 0 saturated carbocycles. The fraction of sp³-hybridized carbons (Fsp3) is 0.471. The van der Waals surface area contributed by atoms with E-state index >= 15 is 0 Å². The molecule has 24 heavy (non-hydrogen) atoms. The molecule has 1 saturated heterocycles. The van der Waals surface area contributed by atoms with Crippen molar-refractivity contribution in [2.24, 2.45) is 0 Å². The Morgan fingerprint density at radius 1 is 1.33 bits per heavy atom. The molecule has 0 unspecified atom stereocenters. The molecule has 0 bridgehead atoms. The molecule has 130 valence electrons. The number of benzene rings is 1. The molecule has 1 aliphatic heterocycles. The number of hydrogen-bond donors (Lipinski definition) is 1. The van der Waals surface area contributed by atoms with Crippen molar-refractivity contribution in [3.05, 3.63) is 48.3 Å². The van der Waals surface area contributed by atoms with Gasteiger partial charge >= 0.3 is 0 Å². The summed E-state index contributed by atoms with van der Waals surface area (Å²) in [6.07, 6.45) is 4.35. The number of nitrogens with one attached hydrogen (secondary N) is 1. The van der Waals surface area contributed by atoms with Crippen LogP contribution >= 0.6 is 0 Å². The fourth-order valence-corrected chi connectivity index (χ4v) is 5.03. The smallest absolute Gasteiger partial charge is 0.152 e. The van der Waals surface area contributed by atoms with E-state index in [0.29, 0.717) is 19.6 Å². The number of aromatic nitrogens is 2. The van der Waals surface area contributed by atoms with Crippen molar-refractivity contribution in [2.45, 2.75) is 25.4 Å². The first-order valence-corrected chi connectivity index (χ1v) is 9.92. The largest absolute Gasteiger partial charge is 0.492 e. The van der Waals surface area contributed by atoms with E-state index < -0.39 is 15.4 Å². The molecule has 1 aromatic heterocycles. The van der Waals surface area contributed by atoms with Crippen LogP contribution in [0.4, 0.5) is 0 Å². The van der Waals surface area contributed by atoms with Crippen LogP contribution in [0, 0.1) is 0 Å². The Morgan fingerprint density at radius 3 is 2.83 bits per heavy atom. The Kier molecular flexibility index (Phi) is 4.91. The van der Waals surface area contributed by atoms with Gasteiger partial charge in [0, 0.05) is 24.8 Å². The summed E-state index contributed by atoms with van der Waals surface area (Å²) in [5, 5.41) is 7.67. The summed E-state index contributed by atoms with van der Waals surface area (Å²) in [7, 11) is -2.94. The van der Waals surface area contributed by atoms with Gasteiger partial charge in [-0.3, -0.25) is 4.68 Å². The van der Waals surface area contributed by atoms with E-state index in [4.69, 9.17) is 4.74 Å². The molecule has 0 amide bonds. The molecule has 0 aliphatic carbocycles. The van der Waals surface area contributed by atoms with Crippen molar-refractivity contribution in [3.8, 4) is 5.75 Å². The minimum Gasteiger partial charge on any atom is -0.492 e. The molecule has 1 atom stereocenters. The standard InChI is InChI=1S/C17H23N3O3S/c1-17(7-10-24(21,22)14-17)20-13-15(12-19-20)11-18-8-9-23-16-5-3-2-4-6-16/h2-6,12-13,18H,7-11,14H2,1H3/t17-/m1/s1. The summed E-state index contributed by atoms with van der Waals surface area (Å²) >= 11 is 0. The molecular formula is C17H23N3O3S. The van der Waals surface area contributed by atoms with Gasteiger partial charge in [-0.05, 0) is 25.5 Å². The van der Waals surface area contributed by atoms with E-state index in [2.05, 4.69) is 10.4 Å². The number of para-hydroxylation sites is 1. The van der Waals surface area contributed by atoms with E-state index in [1.807, 2.05) is 43.5 Å². The molecule has 1 aliphatic rings. The molecule has 1 N–H and O–H groups in total. The number of nitrogens with zero attached hydrogens (tertiary/aromatic N) is 2. The highest BCUT2D eigenvalue weighted by Crippen LogP contribution is 2.30. The zero-order valence-electron chi connectivity index (χ0n) is 13.8. The van der Waals surface area contributed by atoms with E-state index in [1.54, 1.807) is 10.9 Å². The normalized spacial score (nSPS) is 22.5. The van der Waals surface area contributed by atoms with Crippen molar-refractivity contribution in [3.63, 3.8) is 0 Å². The topological polar surface area (TPSA) is 73.2 Å². The van der Waals surface area contributed by atoms with Crippen LogP contribution in [0.1, 0.15) is 18.9 Å². The van der Waals surface area contributed by atoms with Gasteiger partial charge in [-0.25, -0.2) is 8.42 Å². The van der Waals surface area contributed by atoms with E-state index in [9.17, 15) is 8.42 Å². The van der Waals surface area contributed by atoms with Gasteiger partial charge in [-0.2, -0.15) is 5.10 Å². The highest BCUT2D eigenvalue weighted by molar-refractivity contribution is 7.91. The van der Waals surface area contributed by atoms with Crippen LogP contribution in [0.5, 0.6) is 5.75 Å². The molecule has 2 aromatic rings. The van der Waals surface area contributed by atoms with Crippen LogP contribution < -0.4 is 10.1 Å². The molecule has 2 heterocycles. The van der Waals surface area contributed by atoms with Crippen molar-refractivity contribution in [1.82, 2.24) is 15.1 Å². The quantitative estimate of drug-likeness (QED) is 0.769. The summed E-state index contributed by atoms with van der Waals surface area (Å²) < 4.78 is 30.9. The third-order valence-electron chi connectivity index (χ3n) is 4.29. The Bertz CT molecular complexity index is 773. The van der Waals surface area contributed by atoms with Gasteiger partial charge in [-0.1, -0.05) is 18.2 Å². The highest BCUT2D eigenvalue weighted by Gasteiger charge is 2.40. The minimum absolute atomic E-state index is 0.166. The number of hydrogen-bond acceptors (Lipinski definition) is 5. The van der Waals surface area contributed by atoms with E-state index in [0.717, 1.165) is 17.9 Å². The monoisotopic (exact) mass is 349 g/mol. The van der Waals surface area contributed by atoms with Crippen molar-refractivity contribution in [1.29, 1.82) is 0 Å². The second-order valence-corrected chi connectivity index (χ2v) is 8.65. The van der Waals surface area contributed by atoms with Gasteiger partial charge in [0.05, 0.1) is 23.2 Å². The summed E-state index contributed by atoms with van der Waals surface area (Å²) in [4.78, 5) is 0. The Hall–Kier alpha value is -1.86. The third kappa shape index (κ3) is 4.15. The lowest BCUT2D eigenvalue weighted by molar-refractivity contribution is 0.313. The number of sulfone groups is 1. The van der Waals surface area contributed by atoms with Gasteiger partial charge in [0.25, 0.3) is 0 Å². The summed E-state index contributed by atoms with van der Waals surface area (Å²) in [5.74, 6) is 1.27. The molecule has 6 nitrogen and oxygen atoms in total. The summed E-state index contributed by atoms with van der Waals surface area (Å²) in [5.41, 5.74) is 0.619. The Labute approximate surface area is 142 Å². The van der Waals surface area contributed by atoms with Gasteiger partial charge in [0.1, 0.15) is 12.4 Å². The first-order valence-electron chi connectivity index (χ1n) is 8.10. The van der Waals surface area contributed by atoms with Gasteiger partial charge in [0.2, 0.25) is 0 Å². The van der Waals surface area contributed by atoms with Crippen LogP contribution in [0.25, 0.3) is 0 Å². The maximum absolute atomic E-state index is 11.7. The van der Waals surface area contributed by atoms with Crippen LogP contribution in [0.15, 0.2) is 42.7 Å².